The van der Waals surface area contributed by atoms with Gasteiger partial charge in [-0.3, -0.25) is 4.79 Å². The summed E-state index contributed by atoms with van der Waals surface area (Å²) in [6, 6.07) is 7.08. The monoisotopic (exact) mass is 292 g/mol. The summed E-state index contributed by atoms with van der Waals surface area (Å²) in [5, 5.41) is 5.68. The van der Waals surface area contributed by atoms with E-state index in [1.807, 2.05) is 0 Å². The van der Waals surface area contributed by atoms with Crippen molar-refractivity contribution in [3.63, 3.8) is 0 Å². The van der Waals surface area contributed by atoms with Gasteiger partial charge in [0.15, 0.2) is 5.82 Å². The molecule has 2 aromatic rings. The summed E-state index contributed by atoms with van der Waals surface area (Å²) in [7, 11) is 1.67. The minimum atomic E-state index is -0.472. The molecule has 1 heterocycles. The Morgan fingerprint density at radius 2 is 2.00 bits per heavy atom. The summed E-state index contributed by atoms with van der Waals surface area (Å²) in [5.41, 5.74) is 0.695. The average molecular weight is 292 g/mol. The smallest absolute Gasteiger partial charge is 0.223 e. The number of anilines is 2. The number of aromatic nitrogens is 2. The first kappa shape index (κ1) is 14.3. The second kappa shape index (κ2) is 6.33. The van der Waals surface area contributed by atoms with Crippen molar-refractivity contribution in [2.45, 2.75) is 16.8 Å². The van der Waals surface area contributed by atoms with Crippen LogP contribution < -0.4 is 10.6 Å². The number of rotatable bonds is 4. The number of nitrogens with zero attached hydrogens (tertiary/aromatic N) is 2. The molecule has 0 aliphatic heterocycles. The average Bonchev–Trinajstić information content (AvgIpc) is 2.43. The molecule has 1 amide bonds. The van der Waals surface area contributed by atoms with Crippen LogP contribution in [-0.2, 0) is 4.79 Å². The van der Waals surface area contributed by atoms with Crippen LogP contribution in [0.4, 0.5) is 16.0 Å². The van der Waals surface area contributed by atoms with Gasteiger partial charge >= 0.3 is 0 Å². The van der Waals surface area contributed by atoms with Gasteiger partial charge in [0, 0.05) is 24.6 Å². The van der Waals surface area contributed by atoms with Crippen LogP contribution in [0.15, 0.2) is 40.4 Å². The molecule has 104 valence electrons. The Balaban J connectivity index is 2.15. The highest BCUT2D eigenvalue weighted by atomic mass is 32.2. The molecule has 0 unspecified atom stereocenters. The molecule has 0 saturated carbocycles. The molecular formula is C13H13FN4OS. The lowest BCUT2D eigenvalue weighted by Gasteiger charge is -2.06. The van der Waals surface area contributed by atoms with Gasteiger partial charge in [-0.25, -0.2) is 14.4 Å². The molecular weight excluding hydrogens is 279 g/mol. The summed E-state index contributed by atoms with van der Waals surface area (Å²) in [4.78, 5) is 19.6. The molecule has 20 heavy (non-hydrogen) atoms. The zero-order valence-electron chi connectivity index (χ0n) is 11.0. The first-order valence-corrected chi connectivity index (χ1v) is 6.66. The summed E-state index contributed by atoms with van der Waals surface area (Å²) in [5.74, 6) is -0.241. The van der Waals surface area contributed by atoms with E-state index in [-0.39, 0.29) is 10.9 Å². The second-order valence-corrected chi connectivity index (χ2v) is 4.97. The number of carbonyl (C=O) groups is 1. The molecule has 5 nitrogen and oxygen atoms in total. The first-order chi connectivity index (χ1) is 9.58. The van der Waals surface area contributed by atoms with Crippen molar-refractivity contribution in [2.24, 2.45) is 0 Å². The van der Waals surface area contributed by atoms with Gasteiger partial charge in [0.25, 0.3) is 0 Å². The number of hydrogen-bond acceptors (Lipinski definition) is 5. The van der Waals surface area contributed by atoms with Gasteiger partial charge in [0.1, 0.15) is 5.03 Å². The Labute approximate surface area is 120 Å². The highest BCUT2D eigenvalue weighted by molar-refractivity contribution is 7.99. The van der Waals surface area contributed by atoms with Crippen molar-refractivity contribution in [3.05, 3.63) is 36.3 Å². The van der Waals surface area contributed by atoms with E-state index in [1.54, 1.807) is 31.3 Å². The Morgan fingerprint density at radius 3 is 2.60 bits per heavy atom. The molecule has 0 aliphatic carbocycles. The van der Waals surface area contributed by atoms with Crippen molar-refractivity contribution in [1.82, 2.24) is 9.97 Å². The van der Waals surface area contributed by atoms with Gasteiger partial charge in [0.05, 0.1) is 6.20 Å². The lowest BCUT2D eigenvalue weighted by Crippen LogP contribution is -2.05. The number of hydrogen-bond donors (Lipinski definition) is 2. The maximum atomic E-state index is 13.6. The van der Waals surface area contributed by atoms with E-state index in [1.165, 1.54) is 18.7 Å². The molecule has 2 N–H and O–H groups in total. The minimum Gasteiger partial charge on any atom is -0.357 e. The van der Waals surface area contributed by atoms with Crippen LogP contribution in [0.25, 0.3) is 0 Å². The van der Waals surface area contributed by atoms with Crippen LogP contribution in [0.3, 0.4) is 0 Å². The molecule has 0 spiro atoms. The quantitative estimate of drug-likeness (QED) is 0.848. The Hall–Kier alpha value is -2.15. The van der Waals surface area contributed by atoms with E-state index < -0.39 is 5.82 Å². The molecule has 0 aliphatic rings. The third-order valence-electron chi connectivity index (χ3n) is 2.32. The van der Waals surface area contributed by atoms with E-state index in [9.17, 15) is 9.18 Å². The van der Waals surface area contributed by atoms with Crippen LogP contribution in [0.5, 0.6) is 0 Å². The normalized spacial score (nSPS) is 10.2. The third kappa shape index (κ3) is 3.67. The van der Waals surface area contributed by atoms with Gasteiger partial charge in [-0.1, -0.05) is 11.8 Å². The van der Waals surface area contributed by atoms with Crippen molar-refractivity contribution in [1.29, 1.82) is 0 Å². The maximum absolute atomic E-state index is 13.6. The van der Waals surface area contributed by atoms with E-state index in [0.29, 0.717) is 11.6 Å². The second-order valence-electron chi connectivity index (χ2n) is 3.90. The van der Waals surface area contributed by atoms with Gasteiger partial charge in [-0.2, -0.15) is 0 Å². The van der Waals surface area contributed by atoms with Gasteiger partial charge in [0.2, 0.25) is 11.9 Å². The standard InChI is InChI=1S/C13H13FN4OS/c1-8(19)17-9-3-5-10(6-4-9)20-12-11(14)7-16-13(15-2)18-12/h3-7H,1-2H3,(H,17,19)(H,15,16,18). The highest BCUT2D eigenvalue weighted by Crippen LogP contribution is 2.29. The van der Waals surface area contributed by atoms with E-state index in [0.717, 1.165) is 11.1 Å². The number of amides is 1. The molecule has 0 bridgehead atoms. The molecule has 0 saturated heterocycles. The van der Waals surface area contributed by atoms with Gasteiger partial charge in [-0.15, -0.1) is 0 Å². The van der Waals surface area contributed by atoms with Gasteiger partial charge in [-0.05, 0) is 24.3 Å². The van der Waals surface area contributed by atoms with Crippen LogP contribution in [-0.4, -0.2) is 22.9 Å². The van der Waals surface area contributed by atoms with E-state index >= 15 is 0 Å². The van der Waals surface area contributed by atoms with E-state index in [2.05, 4.69) is 20.6 Å². The van der Waals surface area contributed by atoms with Crippen molar-refractivity contribution in [3.8, 4) is 0 Å². The number of benzene rings is 1. The lowest BCUT2D eigenvalue weighted by molar-refractivity contribution is -0.114. The number of halogens is 1. The molecule has 0 fully saturated rings. The molecule has 1 aromatic carbocycles. The van der Waals surface area contributed by atoms with E-state index in [4.69, 9.17) is 0 Å². The molecule has 7 heteroatoms. The van der Waals surface area contributed by atoms with Crippen LogP contribution in [0, 0.1) is 5.82 Å². The van der Waals surface area contributed by atoms with Gasteiger partial charge < -0.3 is 10.6 Å². The predicted molar refractivity (Wildman–Crippen MR) is 76.4 cm³/mol. The first-order valence-electron chi connectivity index (χ1n) is 5.84. The maximum Gasteiger partial charge on any atom is 0.223 e. The van der Waals surface area contributed by atoms with Crippen molar-refractivity contribution < 1.29 is 9.18 Å². The van der Waals surface area contributed by atoms with Crippen LogP contribution >= 0.6 is 11.8 Å². The molecule has 1 aromatic heterocycles. The Kier molecular flexibility index (Phi) is 4.52. The minimum absolute atomic E-state index is 0.133. The Bertz CT molecular complexity index is 618. The highest BCUT2D eigenvalue weighted by Gasteiger charge is 2.08. The zero-order chi connectivity index (χ0) is 14.5. The number of carbonyl (C=O) groups excluding carboxylic acids is 1. The third-order valence-corrected chi connectivity index (χ3v) is 3.31. The number of nitrogens with one attached hydrogen (secondary N) is 2. The summed E-state index contributed by atoms with van der Waals surface area (Å²) < 4.78 is 13.6. The lowest BCUT2D eigenvalue weighted by atomic mass is 10.3. The largest absolute Gasteiger partial charge is 0.357 e. The molecule has 2 rings (SSSR count). The SMILES string of the molecule is CNc1ncc(F)c(Sc2ccc(NC(C)=O)cc2)n1. The zero-order valence-corrected chi connectivity index (χ0v) is 11.8. The predicted octanol–water partition coefficient (Wildman–Crippen LogP) is 2.77. The summed E-state index contributed by atoms with van der Waals surface area (Å²) in [6.07, 6.45) is 1.13. The fourth-order valence-corrected chi connectivity index (χ4v) is 2.24. The van der Waals surface area contributed by atoms with Crippen LogP contribution in [0.1, 0.15) is 6.92 Å². The molecule has 0 atom stereocenters. The molecule has 0 radical (unpaired) electrons. The van der Waals surface area contributed by atoms with Crippen molar-refractivity contribution >= 4 is 29.3 Å². The fourth-order valence-electron chi connectivity index (χ4n) is 1.46. The summed E-state index contributed by atoms with van der Waals surface area (Å²) in [6.45, 7) is 1.44. The van der Waals surface area contributed by atoms with Crippen LogP contribution in [0.2, 0.25) is 0 Å². The van der Waals surface area contributed by atoms with Crippen molar-refractivity contribution in [2.75, 3.05) is 17.7 Å². The fraction of sp³-hybridized carbons (Fsp3) is 0.154. The Morgan fingerprint density at radius 1 is 1.30 bits per heavy atom. The topological polar surface area (TPSA) is 66.9 Å². The summed E-state index contributed by atoms with van der Waals surface area (Å²) >= 11 is 1.19.